The lowest BCUT2D eigenvalue weighted by Crippen LogP contribution is -2.49. The van der Waals surface area contributed by atoms with Crippen LogP contribution in [-0.4, -0.2) is 61.6 Å². The van der Waals surface area contributed by atoms with E-state index >= 15 is 0 Å². The molecule has 1 aromatic carbocycles. The fraction of sp³-hybridized carbons (Fsp3) is 0.600. The SMILES string of the molecule is COc1ccccc1CN1C[C@@H](C(=O)N2CCC(OC)CC2)CCC1=O. The standard InChI is InChI=1S/C20H28N2O4/c1-25-17-9-11-21(12-10-17)20(24)16-7-8-19(23)22(14-16)13-15-5-3-4-6-18(15)26-2/h3-6,16-17H,7-14H2,1-2H3/t16-/m0/s1. The predicted molar refractivity (Wildman–Crippen MR) is 97.7 cm³/mol. The molecule has 1 atom stereocenters. The van der Waals surface area contributed by atoms with Gasteiger partial charge in [-0.25, -0.2) is 0 Å². The molecule has 0 radical (unpaired) electrons. The van der Waals surface area contributed by atoms with E-state index in [4.69, 9.17) is 9.47 Å². The van der Waals surface area contributed by atoms with Gasteiger partial charge in [0, 0.05) is 45.3 Å². The second kappa shape index (κ2) is 8.54. The first-order valence-electron chi connectivity index (χ1n) is 9.33. The van der Waals surface area contributed by atoms with Gasteiger partial charge in [-0.05, 0) is 25.3 Å². The molecule has 0 spiro atoms. The highest BCUT2D eigenvalue weighted by atomic mass is 16.5. The van der Waals surface area contributed by atoms with Crippen molar-refractivity contribution in [3.8, 4) is 5.75 Å². The molecule has 1 aromatic rings. The molecule has 6 heteroatoms. The summed E-state index contributed by atoms with van der Waals surface area (Å²) in [6, 6.07) is 7.71. The second-order valence-corrected chi connectivity index (χ2v) is 7.08. The van der Waals surface area contributed by atoms with Crippen molar-refractivity contribution >= 4 is 11.8 Å². The molecule has 2 fully saturated rings. The average Bonchev–Trinajstić information content (AvgIpc) is 2.69. The number of ether oxygens (including phenoxy) is 2. The maximum atomic E-state index is 12.9. The predicted octanol–water partition coefficient (Wildman–Crippen LogP) is 2.07. The number of carbonyl (C=O) groups excluding carboxylic acids is 2. The molecule has 3 rings (SSSR count). The number of likely N-dealkylation sites (tertiary alicyclic amines) is 2. The van der Waals surface area contributed by atoms with Crippen molar-refractivity contribution in [3.63, 3.8) is 0 Å². The molecule has 26 heavy (non-hydrogen) atoms. The lowest BCUT2D eigenvalue weighted by atomic mass is 9.94. The Morgan fingerprint density at radius 2 is 1.88 bits per heavy atom. The minimum Gasteiger partial charge on any atom is -0.496 e. The molecule has 2 amide bonds. The van der Waals surface area contributed by atoms with Crippen molar-refractivity contribution in [1.82, 2.24) is 9.80 Å². The summed E-state index contributed by atoms with van der Waals surface area (Å²) >= 11 is 0. The summed E-state index contributed by atoms with van der Waals surface area (Å²) in [5, 5.41) is 0. The Morgan fingerprint density at radius 3 is 2.58 bits per heavy atom. The first-order chi connectivity index (χ1) is 12.6. The third-order valence-electron chi connectivity index (χ3n) is 5.49. The van der Waals surface area contributed by atoms with Gasteiger partial charge in [-0.2, -0.15) is 0 Å². The van der Waals surface area contributed by atoms with Gasteiger partial charge in [0.05, 0.1) is 19.1 Å². The van der Waals surface area contributed by atoms with Crippen molar-refractivity contribution in [2.45, 2.75) is 38.3 Å². The summed E-state index contributed by atoms with van der Waals surface area (Å²) in [6.45, 7) is 2.46. The number of piperidine rings is 2. The minimum atomic E-state index is -0.110. The Balaban J connectivity index is 1.62. The van der Waals surface area contributed by atoms with Crippen LogP contribution < -0.4 is 4.74 Å². The molecule has 2 heterocycles. The van der Waals surface area contributed by atoms with E-state index in [1.807, 2.05) is 29.2 Å². The number of rotatable bonds is 5. The van der Waals surface area contributed by atoms with Crippen molar-refractivity contribution in [2.24, 2.45) is 5.92 Å². The second-order valence-electron chi connectivity index (χ2n) is 7.08. The summed E-state index contributed by atoms with van der Waals surface area (Å²) in [7, 11) is 3.36. The molecule has 0 aliphatic carbocycles. The molecular weight excluding hydrogens is 332 g/mol. The first-order valence-corrected chi connectivity index (χ1v) is 9.33. The van der Waals surface area contributed by atoms with Crippen LogP contribution in [0.2, 0.25) is 0 Å². The zero-order chi connectivity index (χ0) is 18.5. The zero-order valence-electron chi connectivity index (χ0n) is 15.6. The highest BCUT2D eigenvalue weighted by Crippen LogP contribution is 2.26. The summed E-state index contributed by atoms with van der Waals surface area (Å²) in [5.41, 5.74) is 0.970. The smallest absolute Gasteiger partial charge is 0.227 e. The quantitative estimate of drug-likeness (QED) is 0.807. The van der Waals surface area contributed by atoms with Crippen LogP contribution in [0.5, 0.6) is 5.75 Å². The fourth-order valence-corrected chi connectivity index (χ4v) is 3.88. The molecule has 0 N–H and O–H groups in total. The van der Waals surface area contributed by atoms with Crippen molar-refractivity contribution in [2.75, 3.05) is 33.9 Å². The molecule has 2 aliphatic rings. The largest absolute Gasteiger partial charge is 0.496 e. The maximum absolute atomic E-state index is 12.9. The molecular formula is C20H28N2O4. The van der Waals surface area contributed by atoms with E-state index in [1.165, 1.54) is 0 Å². The molecule has 0 aromatic heterocycles. The van der Waals surface area contributed by atoms with Gasteiger partial charge >= 0.3 is 0 Å². The normalized spacial score (nSPS) is 21.8. The zero-order valence-corrected chi connectivity index (χ0v) is 15.6. The Labute approximate surface area is 155 Å². The van der Waals surface area contributed by atoms with Gasteiger partial charge in [-0.15, -0.1) is 0 Å². The monoisotopic (exact) mass is 360 g/mol. The maximum Gasteiger partial charge on any atom is 0.227 e. The minimum absolute atomic E-state index is 0.109. The number of carbonyl (C=O) groups is 2. The average molecular weight is 360 g/mol. The fourth-order valence-electron chi connectivity index (χ4n) is 3.88. The van der Waals surface area contributed by atoms with Gasteiger partial charge in [0.1, 0.15) is 5.75 Å². The Bertz CT molecular complexity index is 640. The highest BCUT2D eigenvalue weighted by molar-refractivity contribution is 5.84. The molecule has 0 bridgehead atoms. The van der Waals surface area contributed by atoms with Gasteiger partial charge in [0.2, 0.25) is 11.8 Å². The van der Waals surface area contributed by atoms with Gasteiger partial charge in [-0.1, -0.05) is 18.2 Å². The van der Waals surface area contributed by atoms with E-state index in [0.717, 1.165) is 37.2 Å². The van der Waals surface area contributed by atoms with E-state index in [-0.39, 0.29) is 23.8 Å². The lowest BCUT2D eigenvalue weighted by molar-refractivity contribution is -0.145. The van der Waals surface area contributed by atoms with E-state index in [0.29, 0.717) is 25.9 Å². The summed E-state index contributed by atoms with van der Waals surface area (Å²) in [6.07, 6.45) is 3.11. The van der Waals surface area contributed by atoms with Gasteiger partial charge in [-0.3, -0.25) is 9.59 Å². The molecule has 142 valence electrons. The van der Waals surface area contributed by atoms with Gasteiger partial charge in [0.25, 0.3) is 0 Å². The molecule has 0 unspecified atom stereocenters. The van der Waals surface area contributed by atoms with E-state index < -0.39 is 0 Å². The lowest BCUT2D eigenvalue weighted by Gasteiger charge is -2.37. The number of hydrogen-bond acceptors (Lipinski definition) is 4. The number of methoxy groups -OCH3 is 2. The molecule has 2 aliphatic heterocycles. The number of benzene rings is 1. The molecule has 0 saturated carbocycles. The Hall–Kier alpha value is -2.08. The molecule has 2 saturated heterocycles. The molecule has 6 nitrogen and oxygen atoms in total. The topological polar surface area (TPSA) is 59.1 Å². The van der Waals surface area contributed by atoms with E-state index in [2.05, 4.69) is 0 Å². The van der Waals surface area contributed by atoms with Crippen molar-refractivity contribution in [3.05, 3.63) is 29.8 Å². The number of hydrogen-bond donors (Lipinski definition) is 0. The van der Waals surface area contributed by atoms with Crippen LogP contribution in [0.25, 0.3) is 0 Å². The summed E-state index contributed by atoms with van der Waals surface area (Å²) in [4.78, 5) is 29.0. The van der Waals surface area contributed by atoms with Crippen molar-refractivity contribution in [1.29, 1.82) is 0 Å². The Kier molecular flexibility index (Phi) is 6.14. The first kappa shape index (κ1) is 18.7. The third kappa shape index (κ3) is 4.18. The van der Waals surface area contributed by atoms with Crippen LogP contribution in [0.3, 0.4) is 0 Å². The summed E-state index contributed by atoms with van der Waals surface area (Å²) in [5.74, 6) is 0.951. The summed E-state index contributed by atoms with van der Waals surface area (Å²) < 4.78 is 10.8. The van der Waals surface area contributed by atoms with Crippen LogP contribution in [0.4, 0.5) is 0 Å². The number of nitrogens with zero attached hydrogens (tertiary/aromatic N) is 2. The van der Waals surface area contributed by atoms with E-state index in [9.17, 15) is 9.59 Å². The van der Waals surface area contributed by atoms with Crippen LogP contribution >= 0.6 is 0 Å². The van der Waals surface area contributed by atoms with Crippen molar-refractivity contribution < 1.29 is 19.1 Å². The highest BCUT2D eigenvalue weighted by Gasteiger charge is 2.34. The van der Waals surface area contributed by atoms with Gasteiger partial charge in [0.15, 0.2) is 0 Å². The van der Waals surface area contributed by atoms with Gasteiger partial charge < -0.3 is 19.3 Å². The number of para-hydroxylation sites is 1. The van der Waals surface area contributed by atoms with Crippen LogP contribution in [0, 0.1) is 5.92 Å². The number of amides is 2. The Morgan fingerprint density at radius 1 is 1.15 bits per heavy atom. The van der Waals surface area contributed by atoms with E-state index in [1.54, 1.807) is 19.1 Å². The third-order valence-corrected chi connectivity index (χ3v) is 5.49. The van der Waals surface area contributed by atoms with Crippen LogP contribution in [0.1, 0.15) is 31.2 Å². The van der Waals surface area contributed by atoms with Crippen LogP contribution in [-0.2, 0) is 20.9 Å². The van der Waals surface area contributed by atoms with Crippen LogP contribution in [0.15, 0.2) is 24.3 Å².